The van der Waals surface area contributed by atoms with Crippen molar-refractivity contribution in [1.29, 1.82) is 0 Å². The number of halogens is 2. The molecule has 0 unspecified atom stereocenters. The third-order valence-corrected chi connectivity index (χ3v) is 7.09. The zero-order valence-electron chi connectivity index (χ0n) is 18.9. The van der Waals surface area contributed by atoms with Gasteiger partial charge in [-0.1, -0.05) is 23.7 Å². The number of nitrogens with one attached hydrogen (secondary N) is 1. The van der Waals surface area contributed by atoms with E-state index in [0.29, 0.717) is 42.4 Å². The van der Waals surface area contributed by atoms with Crippen LogP contribution in [0.3, 0.4) is 0 Å². The van der Waals surface area contributed by atoms with Crippen LogP contribution >= 0.6 is 11.6 Å². The summed E-state index contributed by atoms with van der Waals surface area (Å²) in [5, 5.41) is 8.23. The summed E-state index contributed by atoms with van der Waals surface area (Å²) in [5.74, 6) is 0.177. The Balaban J connectivity index is 1.58. The minimum atomic E-state index is -4.10. The minimum absolute atomic E-state index is 0.185. The molecule has 35 heavy (non-hydrogen) atoms. The summed E-state index contributed by atoms with van der Waals surface area (Å²) in [6.45, 7) is 0.973. The minimum Gasteiger partial charge on any atom is -0.497 e. The molecule has 1 aromatic heterocycles. The summed E-state index contributed by atoms with van der Waals surface area (Å²) in [7, 11) is -2.59. The maximum absolute atomic E-state index is 13.4. The summed E-state index contributed by atoms with van der Waals surface area (Å²) in [5.41, 5.74) is 1.88. The Labute approximate surface area is 207 Å². The van der Waals surface area contributed by atoms with E-state index < -0.39 is 10.0 Å². The molecule has 8 nitrogen and oxygen atoms in total. The molecule has 184 valence electrons. The van der Waals surface area contributed by atoms with Crippen LogP contribution in [0.1, 0.15) is 34.7 Å². The van der Waals surface area contributed by atoms with Gasteiger partial charge in [0.15, 0.2) is 5.03 Å². The third-order valence-electron chi connectivity index (χ3n) is 5.97. The van der Waals surface area contributed by atoms with Crippen molar-refractivity contribution in [1.82, 2.24) is 9.88 Å². The number of primary sulfonamides is 1. The van der Waals surface area contributed by atoms with Crippen LogP contribution in [0, 0.1) is 5.82 Å². The molecule has 0 saturated carbocycles. The van der Waals surface area contributed by atoms with Gasteiger partial charge < -0.3 is 15.0 Å². The average Bonchev–Trinajstić information content (AvgIpc) is 2.85. The van der Waals surface area contributed by atoms with Gasteiger partial charge in [0.05, 0.1) is 29.1 Å². The summed E-state index contributed by atoms with van der Waals surface area (Å²) >= 11 is 6.33. The fourth-order valence-electron chi connectivity index (χ4n) is 4.06. The lowest BCUT2D eigenvalue weighted by Gasteiger charge is -2.32. The number of nitrogens with two attached hydrogens (primary N) is 1. The lowest BCUT2D eigenvalue weighted by Crippen LogP contribution is -2.38. The number of sulfonamides is 1. The Morgan fingerprint density at radius 2 is 1.83 bits per heavy atom. The number of piperidine rings is 1. The van der Waals surface area contributed by atoms with E-state index in [2.05, 4.69) is 10.3 Å². The first-order chi connectivity index (χ1) is 16.7. The Kier molecular flexibility index (Phi) is 7.25. The van der Waals surface area contributed by atoms with Gasteiger partial charge in [-0.05, 0) is 48.6 Å². The molecule has 1 aliphatic rings. The van der Waals surface area contributed by atoms with E-state index in [1.807, 2.05) is 0 Å². The summed E-state index contributed by atoms with van der Waals surface area (Å²) < 4.78 is 42.2. The van der Waals surface area contributed by atoms with Gasteiger partial charge in [0.25, 0.3) is 15.9 Å². The number of carbonyl (C=O) groups is 1. The Bertz CT molecular complexity index is 1340. The van der Waals surface area contributed by atoms with Gasteiger partial charge in [-0.15, -0.1) is 0 Å². The number of benzene rings is 2. The van der Waals surface area contributed by atoms with E-state index >= 15 is 0 Å². The van der Waals surface area contributed by atoms with Gasteiger partial charge in [-0.3, -0.25) is 4.79 Å². The monoisotopic (exact) mass is 518 g/mol. The van der Waals surface area contributed by atoms with Crippen molar-refractivity contribution in [2.45, 2.75) is 23.8 Å². The smallest absolute Gasteiger partial charge is 0.257 e. The summed E-state index contributed by atoms with van der Waals surface area (Å²) in [6.07, 6.45) is 2.63. The maximum Gasteiger partial charge on any atom is 0.257 e. The molecule has 1 fully saturated rings. The molecular formula is C24H24ClFN4O4S. The first-order valence-electron chi connectivity index (χ1n) is 10.8. The van der Waals surface area contributed by atoms with Crippen LogP contribution in [-0.4, -0.2) is 44.4 Å². The second-order valence-electron chi connectivity index (χ2n) is 8.20. The molecular weight excluding hydrogens is 495 g/mol. The molecule has 1 amide bonds. The molecule has 2 aromatic carbocycles. The van der Waals surface area contributed by atoms with Crippen molar-refractivity contribution in [2.24, 2.45) is 5.14 Å². The van der Waals surface area contributed by atoms with E-state index in [0.717, 1.165) is 5.56 Å². The molecule has 1 aliphatic heterocycles. The van der Waals surface area contributed by atoms with Crippen molar-refractivity contribution in [3.8, 4) is 5.75 Å². The lowest BCUT2D eigenvalue weighted by atomic mass is 9.89. The summed E-state index contributed by atoms with van der Waals surface area (Å²) in [4.78, 5) is 19.0. The standard InChI is InChI=1S/C24H24ClFN4O4S/c1-34-18-6-7-21(20(25)12-18)29-22-13-23(35(27,32)33)28-14-19(22)24(31)30-10-8-16(9-11-30)15-2-4-17(26)5-3-15/h2-7,12-14,16H,8-11H2,1H3,(H,28,29)(H2,27,32,33). The molecule has 0 bridgehead atoms. The Hall–Kier alpha value is -3.21. The fraction of sp³-hybridized carbons (Fsp3) is 0.250. The molecule has 3 N–H and O–H groups in total. The number of pyridine rings is 1. The highest BCUT2D eigenvalue weighted by Gasteiger charge is 2.27. The molecule has 4 rings (SSSR count). The SMILES string of the molecule is COc1ccc(Nc2cc(S(N)(=O)=O)ncc2C(=O)N2CCC(c3ccc(F)cc3)CC2)c(Cl)c1. The largest absolute Gasteiger partial charge is 0.497 e. The van der Waals surface area contributed by atoms with Crippen LogP contribution in [0.2, 0.25) is 5.02 Å². The molecule has 2 heterocycles. The normalized spacial score (nSPS) is 14.6. The predicted molar refractivity (Wildman–Crippen MR) is 131 cm³/mol. The Morgan fingerprint density at radius 3 is 2.43 bits per heavy atom. The number of anilines is 2. The Morgan fingerprint density at radius 1 is 1.14 bits per heavy atom. The molecule has 0 atom stereocenters. The number of amides is 1. The van der Waals surface area contributed by atoms with Crippen molar-refractivity contribution in [2.75, 3.05) is 25.5 Å². The molecule has 11 heteroatoms. The topological polar surface area (TPSA) is 115 Å². The van der Waals surface area contributed by atoms with E-state index in [4.69, 9.17) is 21.5 Å². The summed E-state index contributed by atoms with van der Waals surface area (Å²) in [6, 6.07) is 12.6. The molecule has 3 aromatic rings. The number of carbonyl (C=O) groups excluding carboxylic acids is 1. The number of hydrogen-bond acceptors (Lipinski definition) is 6. The quantitative estimate of drug-likeness (QED) is 0.503. The van der Waals surface area contributed by atoms with E-state index in [9.17, 15) is 17.6 Å². The number of rotatable bonds is 6. The average molecular weight is 519 g/mol. The fourth-order valence-corrected chi connectivity index (χ4v) is 4.76. The number of methoxy groups -OCH3 is 1. The van der Waals surface area contributed by atoms with Crippen LogP contribution in [-0.2, 0) is 10.0 Å². The van der Waals surface area contributed by atoms with Crippen LogP contribution in [0.25, 0.3) is 0 Å². The number of nitrogens with zero attached hydrogens (tertiary/aromatic N) is 2. The first-order valence-corrected chi connectivity index (χ1v) is 12.8. The molecule has 0 radical (unpaired) electrons. The van der Waals surface area contributed by atoms with Gasteiger partial charge in [-0.25, -0.2) is 22.9 Å². The number of aromatic nitrogens is 1. The van der Waals surface area contributed by atoms with Gasteiger partial charge in [0.1, 0.15) is 11.6 Å². The predicted octanol–water partition coefficient (Wildman–Crippen LogP) is 4.29. The molecule has 0 spiro atoms. The second kappa shape index (κ2) is 10.2. The van der Waals surface area contributed by atoms with Crippen molar-refractivity contribution in [3.05, 3.63) is 76.7 Å². The van der Waals surface area contributed by atoms with Crippen LogP contribution in [0.4, 0.5) is 15.8 Å². The van der Waals surface area contributed by atoms with Gasteiger partial charge in [0, 0.05) is 31.4 Å². The van der Waals surface area contributed by atoms with E-state index in [1.54, 1.807) is 35.2 Å². The van der Waals surface area contributed by atoms with Crippen molar-refractivity contribution in [3.63, 3.8) is 0 Å². The third kappa shape index (κ3) is 5.72. The number of ether oxygens (including phenoxy) is 1. The number of likely N-dealkylation sites (tertiary alicyclic amines) is 1. The maximum atomic E-state index is 13.4. The first kappa shape index (κ1) is 24.9. The van der Waals surface area contributed by atoms with Crippen LogP contribution in [0.5, 0.6) is 5.75 Å². The molecule has 0 aliphatic carbocycles. The van der Waals surface area contributed by atoms with Crippen molar-refractivity contribution < 1.29 is 22.3 Å². The highest BCUT2D eigenvalue weighted by Crippen LogP contribution is 2.33. The molecule has 1 saturated heterocycles. The van der Waals surface area contributed by atoms with Gasteiger partial charge in [-0.2, -0.15) is 0 Å². The lowest BCUT2D eigenvalue weighted by molar-refractivity contribution is 0.0713. The van der Waals surface area contributed by atoms with E-state index in [-0.39, 0.29) is 33.9 Å². The highest BCUT2D eigenvalue weighted by molar-refractivity contribution is 7.89. The second-order valence-corrected chi connectivity index (χ2v) is 10.1. The highest BCUT2D eigenvalue weighted by atomic mass is 35.5. The van der Waals surface area contributed by atoms with Crippen LogP contribution in [0.15, 0.2) is 59.8 Å². The van der Waals surface area contributed by atoms with Gasteiger partial charge in [0.2, 0.25) is 0 Å². The van der Waals surface area contributed by atoms with Gasteiger partial charge >= 0.3 is 0 Å². The number of hydrogen-bond donors (Lipinski definition) is 2. The van der Waals surface area contributed by atoms with Crippen LogP contribution < -0.4 is 15.2 Å². The zero-order chi connectivity index (χ0) is 25.2. The van der Waals surface area contributed by atoms with Crippen molar-refractivity contribution >= 4 is 38.9 Å². The van der Waals surface area contributed by atoms with E-state index in [1.165, 1.54) is 31.5 Å². The zero-order valence-corrected chi connectivity index (χ0v) is 20.4.